The van der Waals surface area contributed by atoms with Crippen LogP contribution in [0, 0.1) is 0 Å². The largest absolute Gasteiger partial charge is 0.435 e. The molecule has 0 atom stereocenters. The van der Waals surface area contributed by atoms with E-state index in [2.05, 4.69) is 20.3 Å². The van der Waals surface area contributed by atoms with Crippen LogP contribution in [0.15, 0.2) is 64.2 Å². The van der Waals surface area contributed by atoms with Gasteiger partial charge in [0, 0.05) is 11.3 Å². The normalized spacial score (nSPS) is 10.7. The van der Waals surface area contributed by atoms with Crippen LogP contribution in [0.25, 0.3) is 11.5 Å². The number of amides is 1. The highest BCUT2D eigenvalue weighted by Crippen LogP contribution is 2.25. The Bertz CT molecular complexity index is 857. The lowest BCUT2D eigenvalue weighted by molar-refractivity contribution is -0.113. The smallest absolute Gasteiger partial charge is 0.387 e. The minimum Gasteiger partial charge on any atom is -0.435 e. The Morgan fingerprint density at radius 2 is 1.85 bits per heavy atom. The molecule has 3 rings (SSSR count). The molecule has 0 spiro atoms. The molecule has 1 amide bonds. The van der Waals surface area contributed by atoms with E-state index in [9.17, 15) is 13.6 Å². The van der Waals surface area contributed by atoms with Gasteiger partial charge in [0.25, 0.3) is 5.22 Å². The Kier molecular flexibility index (Phi) is 5.80. The summed E-state index contributed by atoms with van der Waals surface area (Å²) in [6.07, 6.45) is 0. The number of nitrogens with one attached hydrogen (secondary N) is 1. The van der Waals surface area contributed by atoms with Crippen LogP contribution < -0.4 is 10.1 Å². The number of rotatable bonds is 7. The first-order valence-electron chi connectivity index (χ1n) is 7.46. The van der Waals surface area contributed by atoms with Gasteiger partial charge in [-0.25, -0.2) is 0 Å². The minimum absolute atomic E-state index is 0.0375. The molecule has 1 heterocycles. The van der Waals surface area contributed by atoms with E-state index in [0.29, 0.717) is 11.3 Å². The number of ether oxygens (including phenoxy) is 1. The highest BCUT2D eigenvalue weighted by molar-refractivity contribution is 7.99. The predicted octanol–water partition coefficient (Wildman–Crippen LogP) is 4.07. The van der Waals surface area contributed by atoms with Crippen molar-refractivity contribution in [2.75, 3.05) is 11.1 Å². The molecule has 26 heavy (non-hydrogen) atoms. The molecule has 0 saturated heterocycles. The molecule has 0 aliphatic heterocycles. The van der Waals surface area contributed by atoms with Crippen LogP contribution >= 0.6 is 11.8 Å². The summed E-state index contributed by atoms with van der Waals surface area (Å²) in [6, 6.07) is 14.9. The van der Waals surface area contributed by atoms with Gasteiger partial charge in [-0.2, -0.15) is 8.78 Å². The van der Waals surface area contributed by atoms with Crippen molar-refractivity contribution < 1.29 is 22.7 Å². The summed E-state index contributed by atoms with van der Waals surface area (Å²) in [5.41, 5.74) is 1.26. The van der Waals surface area contributed by atoms with E-state index in [1.54, 1.807) is 12.1 Å². The van der Waals surface area contributed by atoms with Crippen molar-refractivity contribution in [2.45, 2.75) is 11.8 Å². The zero-order valence-corrected chi connectivity index (χ0v) is 14.1. The molecule has 0 aliphatic rings. The molecular formula is C17H13F2N3O3S. The molecule has 0 fully saturated rings. The molecule has 0 bridgehead atoms. The molecule has 9 heteroatoms. The Balaban J connectivity index is 1.55. The average Bonchev–Trinajstić information content (AvgIpc) is 3.10. The second-order valence-corrected chi connectivity index (χ2v) is 5.91. The molecule has 134 valence electrons. The van der Waals surface area contributed by atoms with E-state index in [4.69, 9.17) is 4.42 Å². The van der Waals surface area contributed by atoms with Gasteiger partial charge in [0.05, 0.1) is 5.75 Å². The third kappa shape index (κ3) is 5.03. The van der Waals surface area contributed by atoms with E-state index in [0.717, 1.165) is 11.8 Å². The number of hydrogen-bond donors (Lipinski definition) is 1. The summed E-state index contributed by atoms with van der Waals surface area (Å²) in [7, 11) is 0. The summed E-state index contributed by atoms with van der Waals surface area (Å²) in [5, 5.41) is 10.7. The van der Waals surface area contributed by atoms with Crippen molar-refractivity contribution in [3.63, 3.8) is 0 Å². The van der Waals surface area contributed by atoms with E-state index in [-0.39, 0.29) is 28.5 Å². The lowest BCUT2D eigenvalue weighted by atomic mass is 10.2. The monoisotopic (exact) mass is 377 g/mol. The van der Waals surface area contributed by atoms with Gasteiger partial charge in [0.1, 0.15) is 5.75 Å². The molecule has 1 aromatic heterocycles. The summed E-state index contributed by atoms with van der Waals surface area (Å²) in [5.74, 6) is 0.169. The van der Waals surface area contributed by atoms with E-state index in [1.807, 2.05) is 18.2 Å². The predicted molar refractivity (Wildman–Crippen MR) is 92.2 cm³/mol. The minimum atomic E-state index is -2.88. The first kappa shape index (κ1) is 17.9. The fourth-order valence-electron chi connectivity index (χ4n) is 2.01. The first-order chi connectivity index (χ1) is 12.6. The van der Waals surface area contributed by atoms with Crippen LogP contribution in [0.2, 0.25) is 0 Å². The topological polar surface area (TPSA) is 77.2 Å². The Labute approximate surface area is 151 Å². The van der Waals surface area contributed by atoms with Crippen molar-refractivity contribution in [2.24, 2.45) is 0 Å². The quantitative estimate of drug-likeness (QED) is 0.626. The fourth-order valence-corrected chi connectivity index (χ4v) is 2.57. The van der Waals surface area contributed by atoms with Gasteiger partial charge in [-0.15, -0.1) is 10.2 Å². The lowest BCUT2D eigenvalue weighted by Gasteiger charge is -2.04. The van der Waals surface area contributed by atoms with Gasteiger partial charge in [0.15, 0.2) is 0 Å². The number of benzene rings is 2. The number of nitrogens with zero attached hydrogens (tertiary/aromatic N) is 2. The highest BCUT2D eigenvalue weighted by Gasteiger charge is 2.12. The van der Waals surface area contributed by atoms with Crippen LogP contribution in [0.4, 0.5) is 14.5 Å². The molecule has 0 aliphatic carbocycles. The second-order valence-electron chi connectivity index (χ2n) is 4.98. The van der Waals surface area contributed by atoms with E-state index >= 15 is 0 Å². The van der Waals surface area contributed by atoms with Gasteiger partial charge in [-0.05, 0) is 36.4 Å². The van der Waals surface area contributed by atoms with Crippen molar-refractivity contribution >= 4 is 23.4 Å². The van der Waals surface area contributed by atoms with Crippen LogP contribution in [0.1, 0.15) is 0 Å². The number of alkyl halides is 2. The first-order valence-corrected chi connectivity index (χ1v) is 8.45. The van der Waals surface area contributed by atoms with Gasteiger partial charge in [0.2, 0.25) is 11.8 Å². The highest BCUT2D eigenvalue weighted by atomic mass is 32.2. The van der Waals surface area contributed by atoms with E-state index < -0.39 is 6.61 Å². The van der Waals surface area contributed by atoms with Crippen LogP contribution in [-0.2, 0) is 4.79 Å². The van der Waals surface area contributed by atoms with Gasteiger partial charge in [-0.3, -0.25) is 4.79 Å². The van der Waals surface area contributed by atoms with Gasteiger partial charge < -0.3 is 14.5 Å². The average molecular weight is 377 g/mol. The SMILES string of the molecule is O=C(CSc1nnc(-c2ccc(OC(F)F)cc2)o1)Nc1ccccc1. The summed E-state index contributed by atoms with van der Waals surface area (Å²) < 4.78 is 34.0. The Hall–Kier alpha value is -2.94. The number of para-hydroxylation sites is 1. The molecule has 1 N–H and O–H groups in total. The number of thioether (sulfide) groups is 1. The number of aromatic nitrogens is 2. The Morgan fingerprint density at radius 3 is 2.54 bits per heavy atom. The second kappa shape index (κ2) is 8.43. The molecule has 6 nitrogen and oxygen atoms in total. The molecular weight excluding hydrogens is 364 g/mol. The zero-order chi connectivity index (χ0) is 18.4. The van der Waals surface area contributed by atoms with E-state index in [1.165, 1.54) is 24.3 Å². The summed E-state index contributed by atoms with van der Waals surface area (Å²) in [6.45, 7) is -2.88. The van der Waals surface area contributed by atoms with Crippen molar-refractivity contribution in [1.82, 2.24) is 10.2 Å². The maximum atomic E-state index is 12.1. The Morgan fingerprint density at radius 1 is 1.12 bits per heavy atom. The van der Waals surface area contributed by atoms with Crippen molar-refractivity contribution in [3.05, 3.63) is 54.6 Å². The number of hydrogen-bond acceptors (Lipinski definition) is 6. The zero-order valence-electron chi connectivity index (χ0n) is 13.3. The number of anilines is 1. The van der Waals surface area contributed by atoms with Crippen molar-refractivity contribution in [1.29, 1.82) is 0 Å². The molecule has 2 aromatic carbocycles. The van der Waals surface area contributed by atoms with Crippen LogP contribution in [0.5, 0.6) is 5.75 Å². The number of carbonyl (C=O) groups is 1. The van der Waals surface area contributed by atoms with Crippen LogP contribution in [0.3, 0.4) is 0 Å². The summed E-state index contributed by atoms with van der Waals surface area (Å²) in [4.78, 5) is 11.9. The third-order valence-electron chi connectivity index (χ3n) is 3.12. The van der Waals surface area contributed by atoms with Gasteiger partial charge >= 0.3 is 6.61 Å². The molecule has 0 unspecified atom stereocenters. The molecule has 0 radical (unpaired) electrons. The number of carbonyl (C=O) groups excluding carboxylic acids is 1. The van der Waals surface area contributed by atoms with Crippen LogP contribution in [-0.4, -0.2) is 28.5 Å². The number of halogens is 2. The third-order valence-corrected chi connectivity index (χ3v) is 3.94. The fraction of sp³-hybridized carbons (Fsp3) is 0.118. The molecule has 0 saturated carbocycles. The maximum absolute atomic E-state index is 12.1. The van der Waals surface area contributed by atoms with Gasteiger partial charge in [-0.1, -0.05) is 30.0 Å². The maximum Gasteiger partial charge on any atom is 0.387 e. The summed E-state index contributed by atoms with van der Waals surface area (Å²) >= 11 is 1.10. The van der Waals surface area contributed by atoms with Crippen molar-refractivity contribution in [3.8, 4) is 17.2 Å². The molecule has 3 aromatic rings. The standard InChI is InChI=1S/C17H13F2N3O3S/c18-16(19)24-13-8-6-11(7-9-13)15-21-22-17(25-15)26-10-14(23)20-12-4-2-1-3-5-12/h1-9,16H,10H2,(H,20,23). The lowest BCUT2D eigenvalue weighted by Crippen LogP contribution is -2.13.